The minimum absolute atomic E-state index is 0.545. The molecule has 0 aliphatic heterocycles. The average molecular weight is 234 g/mol. The van der Waals surface area contributed by atoms with Crippen molar-refractivity contribution in [3.8, 4) is 6.07 Å². The SMILES string of the molecule is CCNC(C#N)(CSCC)c1ccccc1. The predicted molar refractivity (Wildman–Crippen MR) is 70.4 cm³/mol. The van der Waals surface area contributed by atoms with Crippen LogP contribution in [-0.2, 0) is 5.54 Å². The van der Waals surface area contributed by atoms with Crippen molar-refractivity contribution in [2.24, 2.45) is 0 Å². The molecule has 0 radical (unpaired) electrons. The molecule has 0 spiro atoms. The van der Waals surface area contributed by atoms with E-state index in [0.29, 0.717) is 0 Å². The summed E-state index contributed by atoms with van der Waals surface area (Å²) in [6, 6.07) is 12.4. The second kappa shape index (κ2) is 6.57. The van der Waals surface area contributed by atoms with E-state index in [-0.39, 0.29) is 0 Å². The summed E-state index contributed by atoms with van der Waals surface area (Å²) in [6.07, 6.45) is 0. The third-order valence-corrected chi connectivity index (χ3v) is 3.50. The normalized spacial score (nSPS) is 14.1. The number of nitrogens with one attached hydrogen (secondary N) is 1. The van der Waals surface area contributed by atoms with Crippen LogP contribution in [0, 0.1) is 11.3 Å². The van der Waals surface area contributed by atoms with Crippen LogP contribution in [0.2, 0.25) is 0 Å². The van der Waals surface area contributed by atoms with Gasteiger partial charge in [-0.2, -0.15) is 17.0 Å². The first-order chi connectivity index (χ1) is 7.79. The van der Waals surface area contributed by atoms with Gasteiger partial charge in [-0.05, 0) is 17.9 Å². The number of nitriles is 1. The van der Waals surface area contributed by atoms with E-state index in [4.69, 9.17) is 0 Å². The van der Waals surface area contributed by atoms with Gasteiger partial charge in [-0.25, -0.2) is 0 Å². The van der Waals surface area contributed by atoms with Crippen LogP contribution in [-0.4, -0.2) is 18.1 Å². The number of rotatable bonds is 6. The van der Waals surface area contributed by atoms with Crippen molar-refractivity contribution in [2.75, 3.05) is 18.1 Å². The fourth-order valence-corrected chi connectivity index (χ4v) is 2.50. The molecule has 0 aromatic heterocycles. The Balaban J connectivity index is 2.98. The van der Waals surface area contributed by atoms with Crippen LogP contribution < -0.4 is 5.32 Å². The molecule has 2 nitrogen and oxygen atoms in total. The lowest BCUT2D eigenvalue weighted by Crippen LogP contribution is -2.43. The van der Waals surface area contributed by atoms with Gasteiger partial charge in [0.05, 0.1) is 6.07 Å². The molecule has 0 saturated carbocycles. The van der Waals surface area contributed by atoms with Gasteiger partial charge in [-0.1, -0.05) is 44.2 Å². The Morgan fingerprint density at radius 3 is 2.50 bits per heavy atom. The molecule has 1 aromatic rings. The van der Waals surface area contributed by atoms with Gasteiger partial charge < -0.3 is 0 Å². The molecule has 0 amide bonds. The molecule has 0 aliphatic rings. The lowest BCUT2D eigenvalue weighted by atomic mass is 9.93. The van der Waals surface area contributed by atoms with Crippen LogP contribution in [0.5, 0.6) is 0 Å². The molecule has 0 aliphatic carbocycles. The van der Waals surface area contributed by atoms with Crippen LogP contribution in [0.1, 0.15) is 19.4 Å². The molecule has 0 saturated heterocycles. The molecule has 0 bridgehead atoms. The number of nitrogens with zero attached hydrogens (tertiary/aromatic N) is 1. The summed E-state index contributed by atoms with van der Waals surface area (Å²) in [5.74, 6) is 1.82. The Morgan fingerprint density at radius 1 is 1.31 bits per heavy atom. The van der Waals surface area contributed by atoms with E-state index in [9.17, 15) is 5.26 Å². The van der Waals surface area contributed by atoms with Crippen molar-refractivity contribution < 1.29 is 0 Å². The highest BCUT2D eigenvalue weighted by atomic mass is 32.2. The van der Waals surface area contributed by atoms with E-state index in [1.54, 1.807) is 11.8 Å². The van der Waals surface area contributed by atoms with E-state index in [1.165, 1.54) is 0 Å². The summed E-state index contributed by atoms with van der Waals surface area (Å²) in [7, 11) is 0. The van der Waals surface area contributed by atoms with Crippen molar-refractivity contribution in [1.82, 2.24) is 5.32 Å². The quantitative estimate of drug-likeness (QED) is 0.822. The zero-order valence-corrected chi connectivity index (χ0v) is 10.7. The van der Waals surface area contributed by atoms with Crippen molar-refractivity contribution in [1.29, 1.82) is 5.26 Å². The van der Waals surface area contributed by atoms with Crippen molar-refractivity contribution in [2.45, 2.75) is 19.4 Å². The fourth-order valence-electron chi connectivity index (χ4n) is 1.65. The Labute approximate surface area is 102 Å². The van der Waals surface area contributed by atoms with Crippen LogP contribution in [0.25, 0.3) is 0 Å². The number of thioether (sulfide) groups is 1. The third-order valence-electron chi connectivity index (χ3n) is 2.46. The molecule has 1 N–H and O–H groups in total. The van der Waals surface area contributed by atoms with Gasteiger partial charge >= 0.3 is 0 Å². The molecule has 3 heteroatoms. The van der Waals surface area contributed by atoms with Crippen LogP contribution in [0.15, 0.2) is 30.3 Å². The highest BCUT2D eigenvalue weighted by Crippen LogP contribution is 2.25. The Bertz CT molecular complexity index is 345. The van der Waals surface area contributed by atoms with Crippen molar-refractivity contribution in [3.63, 3.8) is 0 Å². The maximum atomic E-state index is 9.46. The minimum Gasteiger partial charge on any atom is -0.295 e. The van der Waals surface area contributed by atoms with E-state index in [0.717, 1.165) is 23.6 Å². The molecule has 86 valence electrons. The topological polar surface area (TPSA) is 35.8 Å². The van der Waals surface area contributed by atoms with E-state index < -0.39 is 5.54 Å². The first-order valence-corrected chi connectivity index (χ1v) is 6.74. The Kier molecular flexibility index (Phi) is 5.37. The van der Waals surface area contributed by atoms with E-state index in [2.05, 4.69) is 18.3 Å². The van der Waals surface area contributed by atoms with Gasteiger partial charge in [0.2, 0.25) is 0 Å². The molecule has 0 heterocycles. The lowest BCUT2D eigenvalue weighted by molar-refractivity contribution is 0.490. The van der Waals surface area contributed by atoms with E-state index in [1.807, 2.05) is 37.3 Å². The lowest BCUT2D eigenvalue weighted by Gasteiger charge is -2.27. The standard InChI is InChI=1S/C13H18N2S/c1-3-15-13(10-14,11-16-4-2)12-8-6-5-7-9-12/h5-9,15H,3-4,11H2,1-2H3. The summed E-state index contributed by atoms with van der Waals surface area (Å²) in [6.45, 7) is 4.95. The molecule has 0 fully saturated rings. The highest BCUT2D eigenvalue weighted by molar-refractivity contribution is 7.99. The molecule has 1 atom stereocenters. The molecule has 1 rings (SSSR count). The first kappa shape index (κ1) is 13.1. The fraction of sp³-hybridized carbons (Fsp3) is 0.462. The smallest absolute Gasteiger partial charge is 0.141 e. The molecule has 1 aromatic carbocycles. The minimum atomic E-state index is -0.545. The van der Waals surface area contributed by atoms with Gasteiger partial charge in [0.1, 0.15) is 5.54 Å². The largest absolute Gasteiger partial charge is 0.295 e. The summed E-state index contributed by atoms with van der Waals surface area (Å²) >= 11 is 1.79. The molecule has 1 unspecified atom stereocenters. The maximum absolute atomic E-state index is 9.46. The predicted octanol–water partition coefficient (Wildman–Crippen LogP) is 2.77. The van der Waals surface area contributed by atoms with Gasteiger partial charge in [0.15, 0.2) is 0 Å². The van der Waals surface area contributed by atoms with Crippen LogP contribution >= 0.6 is 11.8 Å². The van der Waals surface area contributed by atoms with Gasteiger partial charge in [0.25, 0.3) is 0 Å². The summed E-state index contributed by atoms with van der Waals surface area (Å²) in [5.41, 5.74) is 0.511. The second-order valence-corrected chi connectivity index (χ2v) is 4.82. The first-order valence-electron chi connectivity index (χ1n) is 5.58. The van der Waals surface area contributed by atoms with Crippen molar-refractivity contribution in [3.05, 3.63) is 35.9 Å². The molecular formula is C13H18N2S. The monoisotopic (exact) mass is 234 g/mol. The number of benzene rings is 1. The number of hydrogen-bond acceptors (Lipinski definition) is 3. The number of hydrogen-bond donors (Lipinski definition) is 1. The highest BCUT2D eigenvalue weighted by Gasteiger charge is 2.30. The maximum Gasteiger partial charge on any atom is 0.141 e. The van der Waals surface area contributed by atoms with E-state index >= 15 is 0 Å². The zero-order chi connectivity index (χ0) is 11.9. The van der Waals surface area contributed by atoms with Gasteiger partial charge in [0, 0.05) is 5.75 Å². The third kappa shape index (κ3) is 3.01. The van der Waals surface area contributed by atoms with Gasteiger partial charge in [-0.15, -0.1) is 0 Å². The summed E-state index contributed by atoms with van der Waals surface area (Å²) in [5, 5.41) is 12.8. The second-order valence-electron chi connectivity index (χ2n) is 3.55. The molecule has 16 heavy (non-hydrogen) atoms. The Hall–Kier alpha value is -0.980. The van der Waals surface area contributed by atoms with Crippen LogP contribution in [0.4, 0.5) is 0 Å². The zero-order valence-electron chi connectivity index (χ0n) is 9.86. The Morgan fingerprint density at radius 2 is 2.00 bits per heavy atom. The van der Waals surface area contributed by atoms with Crippen molar-refractivity contribution >= 4 is 11.8 Å². The van der Waals surface area contributed by atoms with Gasteiger partial charge in [-0.3, -0.25) is 5.32 Å². The summed E-state index contributed by atoms with van der Waals surface area (Å²) in [4.78, 5) is 0. The average Bonchev–Trinajstić information content (AvgIpc) is 2.36. The summed E-state index contributed by atoms with van der Waals surface area (Å²) < 4.78 is 0. The van der Waals surface area contributed by atoms with Crippen LogP contribution in [0.3, 0.4) is 0 Å². The molecular weight excluding hydrogens is 216 g/mol.